The van der Waals surface area contributed by atoms with E-state index in [-0.39, 0.29) is 37.4 Å². The first-order valence-electron chi connectivity index (χ1n) is 10.2. The molecule has 0 atom stereocenters. The summed E-state index contributed by atoms with van der Waals surface area (Å²) in [6, 6.07) is 3.73. The normalized spacial score (nSPS) is 18.4. The van der Waals surface area contributed by atoms with Crippen LogP contribution in [0.15, 0.2) is 23.1 Å². The zero-order valence-electron chi connectivity index (χ0n) is 16.9. The topological polar surface area (TPSA) is 74.0 Å². The van der Waals surface area contributed by atoms with E-state index < -0.39 is 5.92 Å². The molecule has 5 rings (SSSR count). The van der Waals surface area contributed by atoms with Crippen LogP contribution in [0.1, 0.15) is 42.9 Å². The molecule has 3 aromatic rings. The van der Waals surface area contributed by atoms with Crippen molar-refractivity contribution in [2.45, 2.75) is 51.0 Å². The molecule has 0 amide bonds. The van der Waals surface area contributed by atoms with E-state index in [1.165, 1.54) is 4.57 Å². The second kappa shape index (κ2) is 6.78. The van der Waals surface area contributed by atoms with Gasteiger partial charge in [-0.15, -0.1) is 0 Å². The average molecular weight is 415 g/mol. The smallest absolute Gasteiger partial charge is 0.330 e. The molecule has 1 aliphatic heterocycles. The summed E-state index contributed by atoms with van der Waals surface area (Å²) in [6.45, 7) is 2.65. The number of anilines is 2. The zero-order chi connectivity index (χ0) is 21.0. The first-order valence-corrected chi connectivity index (χ1v) is 10.2. The molecule has 2 aliphatic rings. The molecule has 1 aliphatic carbocycles. The van der Waals surface area contributed by atoms with Crippen molar-refractivity contribution in [3.8, 4) is 5.75 Å². The number of alkyl halides is 2. The summed E-state index contributed by atoms with van der Waals surface area (Å²) in [7, 11) is 1.65. The van der Waals surface area contributed by atoms with Crippen LogP contribution in [-0.4, -0.2) is 31.6 Å². The van der Waals surface area contributed by atoms with Crippen molar-refractivity contribution in [1.82, 2.24) is 19.1 Å². The summed E-state index contributed by atoms with van der Waals surface area (Å²) in [4.78, 5) is 21.8. The Kier molecular flexibility index (Phi) is 4.30. The molecule has 0 saturated heterocycles. The van der Waals surface area contributed by atoms with Crippen LogP contribution in [0.5, 0.6) is 5.75 Å². The van der Waals surface area contributed by atoms with Gasteiger partial charge >= 0.3 is 5.69 Å². The molecular weight excluding hydrogens is 392 g/mol. The summed E-state index contributed by atoms with van der Waals surface area (Å²) in [5, 5.41) is 3.24. The van der Waals surface area contributed by atoms with Gasteiger partial charge in [-0.25, -0.2) is 18.6 Å². The number of hydrogen-bond donors (Lipinski definition) is 1. The summed E-state index contributed by atoms with van der Waals surface area (Å²) < 4.78 is 35.9. The highest BCUT2D eigenvalue weighted by atomic mass is 19.3. The van der Waals surface area contributed by atoms with Gasteiger partial charge in [-0.2, -0.15) is 4.98 Å². The Morgan fingerprint density at radius 1 is 1.27 bits per heavy atom. The fourth-order valence-electron chi connectivity index (χ4n) is 4.39. The van der Waals surface area contributed by atoms with Gasteiger partial charge < -0.3 is 10.1 Å². The van der Waals surface area contributed by atoms with Crippen molar-refractivity contribution in [3.05, 3.63) is 39.9 Å². The minimum Gasteiger partial charge on any atom is -0.493 e. The molecular formula is C21H23F2N5O2. The minimum atomic E-state index is -2.65. The first-order chi connectivity index (χ1) is 14.3. The quantitative estimate of drug-likeness (QED) is 0.703. The molecule has 1 saturated carbocycles. The van der Waals surface area contributed by atoms with Crippen molar-refractivity contribution in [1.29, 1.82) is 0 Å². The van der Waals surface area contributed by atoms with Crippen molar-refractivity contribution in [3.63, 3.8) is 0 Å². The third kappa shape index (κ3) is 3.12. The molecule has 0 bridgehead atoms. The van der Waals surface area contributed by atoms with Gasteiger partial charge in [0.1, 0.15) is 11.3 Å². The molecule has 0 spiro atoms. The van der Waals surface area contributed by atoms with Crippen LogP contribution in [-0.2, 0) is 13.5 Å². The van der Waals surface area contributed by atoms with E-state index in [9.17, 15) is 13.6 Å². The molecule has 1 N–H and O–H groups in total. The van der Waals surface area contributed by atoms with Crippen LogP contribution < -0.4 is 15.7 Å². The Bertz CT molecular complexity index is 1190. The van der Waals surface area contributed by atoms with Crippen LogP contribution >= 0.6 is 0 Å². The monoisotopic (exact) mass is 415 g/mol. The van der Waals surface area contributed by atoms with E-state index in [1.807, 2.05) is 19.1 Å². The predicted molar refractivity (Wildman–Crippen MR) is 109 cm³/mol. The number of ether oxygens (including phenoxy) is 1. The molecule has 2 aromatic heterocycles. The van der Waals surface area contributed by atoms with Crippen molar-refractivity contribution in [2.24, 2.45) is 7.05 Å². The molecule has 7 nitrogen and oxygen atoms in total. The van der Waals surface area contributed by atoms with E-state index in [0.29, 0.717) is 23.7 Å². The third-order valence-electron chi connectivity index (χ3n) is 6.17. The third-order valence-corrected chi connectivity index (χ3v) is 6.17. The summed E-state index contributed by atoms with van der Waals surface area (Å²) in [6.07, 6.45) is 2.53. The highest BCUT2D eigenvalue weighted by Gasteiger charge is 2.37. The number of rotatable bonds is 3. The molecule has 0 unspecified atom stereocenters. The van der Waals surface area contributed by atoms with Crippen LogP contribution in [0, 0.1) is 6.92 Å². The standard InChI is InChI=1S/C21H23F2N5O2/c1-12-9-17-13(5-8-30-17)10-15(12)25-19-24-11-16-18(26-19)28(20(29)27(16)2)14-3-6-21(22,23)7-4-14/h9-11,14H,3-8H2,1-2H3,(H,24,25,26). The lowest BCUT2D eigenvalue weighted by Gasteiger charge is -2.28. The second-order valence-electron chi connectivity index (χ2n) is 8.20. The number of hydrogen-bond acceptors (Lipinski definition) is 5. The lowest BCUT2D eigenvalue weighted by molar-refractivity contribution is -0.0439. The minimum absolute atomic E-state index is 0.215. The number of nitrogens with one attached hydrogen (secondary N) is 1. The summed E-state index contributed by atoms with van der Waals surface area (Å²) in [5.41, 5.74) is 3.81. The Morgan fingerprint density at radius 2 is 2.03 bits per heavy atom. The molecule has 30 heavy (non-hydrogen) atoms. The first kappa shape index (κ1) is 19.0. The highest BCUT2D eigenvalue weighted by Crippen LogP contribution is 2.39. The SMILES string of the molecule is Cc1cc2c(cc1Nc1ncc3c(n1)n(C1CCC(F)(F)CC1)c(=O)n3C)CCO2. The van der Waals surface area contributed by atoms with Crippen LogP contribution in [0.2, 0.25) is 0 Å². The number of aryl methyl sites for hydroxylation is 2. The van der Waals surface area contributed by atoms with Gasteiger partial charge in [0.25, 0.3) is 0 Å². The summed E-state index contributed by atoms with van der Waals surface area (Å²) >= 11 is 0. The fraction of sp³-hybridized carbons (Fsp3) is 0.476. The number of imidazole rings is 1. The van der Waals surface area contributed by atoms with Crippen LogP contribution in [0.25, 0.3) is 11.2 Å². The van der Waals surface area contributed by atoms with Crippen LogP contribution in [0.3, 0.4) is 0 Å². The van der Waals surface area contributed by atoms with E-state index in [1.54, 1.807) is 17.8 Å². The van der Waals surface area contributed by atoms with Gasteiger partial charge in [0, 0.05) is 38.0 Å². The predicted octanol–water partition coefficient (Wildman–Crippen LogP) is 3.87. The summed E-state index contributed by atoms with van der Waals surface area (Å²) in [5.74, 6) is -1.38. The fourth-order valence-corrected chi connectivity index (χ4v) is 4.39. The number of aromatic nitrogens is 4. The van der Waals surface area contributed by atoms with Gasteiger partial charge in [0.2, 0.25) is 11.9 Å². The van der Waals surface area contributed by atoms with E-state index >= 15 is 0 Å². The largest absolute Gasteiger partial charge is 0.493 e. The molecule has 3 heterocycles. The van der Waals surface area contributed by atoms with E-state index in [2.05, 4.69) is 15.3 Å². The Labute approximate surface area is 171 Å². The Morgan fingerprint density at radius 3 is 2.80 bits per heavy atom. The molecule has 0 radical (unpaired) electrons. The highest BCUT2D eigenvalue weighted by molar-refractivity contribution is 5.73. The Balaban J connectivity index is 1.52. The van der Waals surface area contributed by atoms with Gasteiger partial charge in [0.05, 0.1) is 12.8 Å². The average Bonchev–Trinajstić information content (AvgIpc) is 3.25. The second-order valence-corrected chi connectivity index (χ2v) is 8.20. The maximum Gasteiger partial charge on any atom is 0.330 e. The number of benzene rings is 1. The number of nitrogens with zero attached hydrogens (tertiary/aromatic N) is 4. The number of fused-ring (bicyclic) bond motifs is 2. The Hall–Kier alpha value is -2.97. The van der Waals surface area contributed by atoms with E-state index in [4.69, 9.17) is 4.74 Å². The zero-order valence-corrected chi connectivity index (χ0v) is 16.9. The number of halogens is 2. The molecule has 158 valence electrons. The lowest BCUT2D eigenvalue weighted by atomic mass is 9.92. The van der Waals surface area contributed by atoms with Crippen molar-refractivity contribution in [2.75, 3.05) is 11.9 Å². The van der Waals surface area contributed by atoms with Gasteiger partial charge in [-0.3, -0.25) is 9.13 Å². The molecule has 1 aromatic carbocycles. The lowest BCUT2D eigenvalue weighted by Crippen LogP contribution is -2.32. The van der Waals surface area contributed by atoms with Crippen molar-refractivity contribution < 1.29 is 13.5 Å². The maximum atomic E-state index is 13.6. The van der Waals surface area contributed by atoms with E-state index in [0.717, 1.165) is 29.0 Å². The molecule has 9 heteroatoms. The van der Waals surface area contributed by atoms with Crippen LogP contribution in [0.4, 0.5) is 20.4 Å². The van der Waals surface area contributed by atoms with Gasteiger partial charge in [-0.1, -0.05) is 0 Å². The van der Waals surface area contributed by atoms with Gasteiger partial charge in [-0.05, 0) is 43.0 Å². The maximum absolute atomic E-state index is 13.6. The van der Waals surface area contributed by atoms with Crippen molar-refractivity contribution >= 4 is 22.8 Å². The van der Waals surface area contributed by atoms with Gasteiger partial charge in [0.15, 0.2) is 5.65 Å². The molecule has 1 fully saturated rings.